The average molecular weight is 340 g/mol. The summed E-state index contributed by atoms with van der Waals surface area (Å²) in [4.78, 5) is 12.0. The van der Waals surface area contributed by atoms with E-state index < -0.39 is 0 Å². The first kappa shape index (κ1) is 14.2. The van der Waals surface area contributed by atoms with Crippen molar-refractivity contribution < 1.29 is 9.90 Å². The zero-order valence-electron chi connectivity index (χ0n) is 10.2. The Balaban J connectivity index is 1.97. The molecule has 5 heteroatoms. The molecule has 0 unspecified atom stereocenters. The number of carbonyl (C=O) groups is 1. The van der Waals surface area contributed by atoms with E-state index in [0.29, 0.717) is 12.0 Å². The van der Waals surface area contributed by atoms with Crippen LogP contribution in [-0.2, 0) is 6.42 Å². The standard InChI is InChI=1S/C14H14BrNO2S/c15-13-7-11(9-19-13)14(18)16-12(8-17)6-10-4-2-1-3-5-10/h1-5,7,9,12,17H,6,8H2,(H,16,18)/t12-/m1/s1. The van der Waals surface area contributed by atoms with Gasteiger partial charge in [-0.2, -0.15) is 0 Å². The first-order valence-electron chi connectivity index (χ1n) is 5.88. The number of nitrogens with one attached hydrogen (secondary N) is 1. The van der Waals surface area contributed by atoms with Crippen LogP contribution in [0.5, 0.6) is 0 Å². The lowest BCUT2D eigenvalue weighted by molar-refractivity contribution is 0.0917. The van der Waals surface area contributed by atoms with Crippen molar-refractivity contribution in [3.63, 3.8) is 0 Å². The van der Waals surface area contributed by atoms with Gasteiger partial charge in [-0.25, -0.2) is 0 Å². The van der Waals surface area contributed by atoms with Crippen LogP contribution >= 0.6 is 27.3 Å². The molecule has 100 valence electrons. The molecule has 1 aromatic heterocycles. The number of rotatable bonds is 5. The number of hydrogen-bond donors (Lipinski definition) is 2. The molecule has 0 saturated heterocycles. The molecule has 1 heterocycles. The number of carbonyl (C=O) groups excluding carboxylic acids is 1. The van der Waals surface area contributed by atoms with Crippen molar-refractivity contribution in [2.24, 2.45) is 0 Å². The van der Waals surface area contributed by atoms with Crippen LogP contribution in [0, 0.1) is 0 Å². The molecule has 0 aliphatic heterocycles. The van der Waals surface area contributed by atoms with Crippen molar-refractivity contribution in [3.05, 3.63) is 56.7 Å². The summed E-state index contributed by atoms with van der Waals surface area (Å²) in [5.41, 5.74) is 1.71. The first-order chi connectivity index (χ1) is 9.19. The fourth-order valence-electron chi connectivity index (χ4n) is 1.76. The number of benzene rings is 1. The van der Waals surface area contributed by atoms with Crippen molar-refractivity contribution in [3.8, 4) is 0 Å². The van der Waals surface area contributed by atoms with E-state index in [0.717, 1.165) is 9.35 Å². The lowest BCUT2D eigenvalue weighted by Gasteiger charge is -2.15. The minimum Gasteiger partial charge on any atom is -0.394 e. The van der Waals surface area contributed by atoms with E-state index in [9.17, 15) is 9.90 Å². The van der Waals surface area contributed by atoms with Gasteiger partial charge in [-0.15, -0.1) is 11.3 Å². The Labute approximate surface area is 124 Å². The Morgan fingerprint density at radius 1 is 1.37 bits per heavy atom. The summed E-state index contributed by atoms with van der Waals surface area (Å²) in [5.74, 6) is -0.156. The summed E-state index contributed by atoms with van der Waals surface area (Å²) >= 11 is 4.79. The van der Waals surface area contributed by atoms with E-state index in [4.69, 9.17) is 0 Å². The molecule has 2 N–H and O–H groups in total. The van der Waals surface area contributed by atoms with Crippen molar-refractivity contribution in [1.29, 1.82) is 0 Å². The minimum atomic E-state index is -0.270. The Morgan fingerprint density at radius 3 is 2.68 bits per heavy atom. The third-order valence-electron chi connectivity index (χ3n) is 2.71. The summed E-state index contributed by atoms with van der Waals surface area (Å²) < 4.78 is 0.918. The van der Waals surface area contributed by atoms with Gasteiger partial charge in [-0.3, -0.25) is 4.79 Å². The number of hydrogen-bond acceptors (Lipinski definition) is 3. The van der Waals surface area contributed by atoms with Crippen LogP contribution < -0.4 is 5.32 Å². The smallest absolute Gasteiger partial charge is 0.252 e. The van der Waals surface area contributed by atoms with Crippen molar-refractivity contribution >= 4 is 33.2 Å². The van der Waals surface area contributed by atoms with Crippen LogP contribution in [0.25, 0.3) is 0 Å². The zero-order valence-corrected chi connectivity index (χ0v) is 12.6. The molecule has 0 saturated carbocycles. The normalized spacial score (nSPS) is 12.1. The van der Waals surface area contributed by atoms with E-state index >= 15 is 0 Å². The van der Waals surface area contributed by atoms with Crippen molar-refractivity contribution in [2.45, 2.75) is 12.5 Å². The molecule has 3 nitrogen and oxygen atoms in total. The SMILES string of the molecule is O=C(N[C@@H](CO)Cc1ccccc1)c1csc(Br)c1. The highest BCUT2D eigenvalue weighted by atomic mass is 79.9. The van der Waals surface area contributed by atoms with Gasteiger partial charge in [-0.1, -0.05) is 30.3 Å². The van der Waals surface area contributed by atoms with Gasteiger partial charge in [0.25, 0.3) is 5.91 Å². The maximum Gasteiger partial charge on any atom is 0.252 e. The number of aliphatic hydroxyl groups excluding tert-OH is 1. The van der Waals surface area contributed by atoms with E-state index in [2.05, 4.69) is 21.2 Å². The Morgan fingerprint density at radius 2 is 2.11 bits per heavy atom. The molecule has 2 aromatic rings. The van der Waals surface area contributed by atoms with Gasteiger partial charge in [0.1, 0.15) is 0 Å². The van der Waals surface area contributed by atoms with E-state index in [1.165, 1.54) is 11.3 Å². The number of thiophene rings is 1. The van der Waals surface area contributed by atoms with E-state index in [-0.39, 0.29) is 18.6 Å². The zero-order chi connectivity index (χ0) is 13.7. The third kappa shape index (κ3) is 4.16. The van der Waals surface area contributed by atoms with Gasteiger partial charge in [0.2, 0.25) is 0 Å². The monoisotopic (exact) mass is 339 g/mol. The van der Waals surface area contributed by atoms with Gasteiger partial charge in [0, 0.05) is 5.38 Å². The second-order valence-electron chi connectivity index (χ2n) is 4.18. The summed E-state index contributed by atoms with van der Waals surface area (Å²) in [6.45, 7) is -0.0774. The number of halogens is 1. The van der Waals surface area contributed by atoms with Gasteiger partial charge in [0.05, 0.1) is 22.0 Å². The highest BCUT2D eigenvalue weighted by Gasteiger charge is 2.14. The topological polar surface area (TPSA) is 49.3 Å². The lowest BCUT2D eigenvalue weighted by atomic mass is 10.1. The van der Waals surface area contributed by atoms with Gasteiger partial charge < -0.3 is 10.4 Å². The fourth-order valence-corrected chi connectivity index (χ4v) is 2.89. The number of amides is 1. The summed E-state index contributed by atoms with van der Waals surface area (Å²) in [7, 11) is 0. The van der Waals surface area contributed by atoms with E-state index in [1.54, 1.807) is 11.4 Å². The third-order valence-corrected chi connectivity index (χ3v) is 4.21. The summed E-state index contributed by atoms with van der Waals surface area (Å²) in [5, 5.41) is 14.0. The Bertz CT molecular complexity index is 541. The molecule has 2 rings (SSSR count). The van der Waals surface area contributed by atoms with Gasteiger partial charge in [-0.05, 0) is 34.0 Å². The lowest BCUT2D eigenvalue weighted by Crippen LogP contribution is -2.38. The van der Waals surface area contributed by atoms with Crippen LogP contribution in [0.3, 0.4) is 0 Å². The molecule has 1 atom stereocenters. The molecular formula is C14H14BrNO2S. The Kier molecular flexibility index (Phi) is 5.13. The maximum absolute atomic E-state index is 12.0. The quantitative estimate of drug-likeness (QED) is 0.879. The van der Waals surface area contributed by atoms with Crippen LogP contribution in [0.1, 0.15) is 15.9 Å². The van der Waals surface area contributed by atoms with Crippen molar-refractivity contribution in [1.82, 2.24) is 5.32 Å². The molecule has 0 spiro atoms. The van der Waals surface area contributed by atoms with Crippen LogP contribution in [0.15, 0.2) is 45.6 Å². The second-order valence-corrected chi connectivity index (χ2v) is 6.47. The molecule has 0 radical (unpaired) electrons. The molecule has 0 bridgehead atoms. The summed E-state index contributed by atoms with van der Waals surface area (Å²) in [6, 6.07) is 11.3. The maximum atomic E-state index is 12.0. The van der Waals surface area contributed by atoms with Crippen LogP contribution in [0.4, 0.5) is 0 Å². The Hall–Kier alpha value is -1.17. The first-order valence-corrected chi connectivity index (χ1v) is 7.56. The minimum absolute atomic E-state index is 0.0774. The van der Waals surface area contributed by atoms with E-state index in [1.807, 2.05) is 30.3 Å². The van der Waals surface area contributed by atoms with Crippen LogP contribution in [0.2, 0.25) is 0 Å². The molecule has 0 aliphatic rings. The molecule has 0 fully saturated rings. The molecular weight excluding hydrogens is 326 g/mol. The second kappa shape index (κ2) is 6.84. The molecule has 19 heavy (non-hydrogen) atoms. The van der Waals surface area contributed by atoms with Crippen molar-refractivity contribution in [2.75, 3.05) is 6.61 Å². The highest BCUT2D eigenvalue weighted by molar-refractivity contribution is 9.11. The average Bonchev–Trinajstić information content (AvgIpc) is 2.86. The van der Waals surface area contributed by atoms with Crippen LogP contribution in [-0.4, -0.2) is 23.7 Å². The molecule has 1 amide bonds. The van der Waals surface area contributed by atoms with Gasteiger partial charge >= 0.3 is 0 Å². The predicted octanol–water partition coefficient (Wildman–Crippen LogP) is 2.84. The largest absolute Gasteiger partial charge is 0.394 e. The fraction of sp³-hybridized carbons (Fsp3) is 0.214. The summed E-state index contributed by atoms with van der Waals surface area (Å²) in [6.07, 6.45) is 0.619. The predicted molar refractivity (Wildman–Crippen MR) is 80.5 cm³/mol. The van der Waals surface area contributed by atoms with Gasteiger partial charge in [0.15, 0.2) is 0 Å². The highest BCUT2D eigenvalue weighted by Crippen LogP contribution is 2.20. The molecule has 0 aliphatic carbocycles. The molecule has 1 aromatic carbocycles. The number of aliphatic hydroxyl groups is 1.